The van der Waals surface area contributed by atoms with E-state index in [0.29, 0.717) is 0 Å². The minimum absolute atomic E-state index is 0.123. The van der Waals surface area contributed by atoms with Crippen LogP contribution in [0.3, 0.4) is 0 Å². The molecular formula is C14H20N2Ru. The fraction of sp³-hybridized carbons (Fsp3) is 0.429. The summed E-state index contributed by atoms with van der Waals surface area (Å²) in [7, 11) is 0. The molecule has 0 aliphatic heterocycles. The predicted molar refractivity (Wildman–Crippen MR) is 68.8 cm³/mol. The Hall–Kier alpha value is -0.817. The van der Waals surface area contributed by atoms with Gasteiger partial charge >= 0.3 is 111 Å². The van der Waals surface area contributed by atoms with Crippen LogP contribution in [0.15, 0.2) is 24.5 Å². The zero-order valence-corrected chi connectivity index (χ0v) is 12.2. The molecule has 0 saturated carbocycles. The summed E-state index contributed by atoms with van der Waals surface area (Å²) in [6, 6.07) is 4.27. The monoisotopic (exact) mass is 318 g/mol. The molecule has 2 aromatic rings. The molecule has 2 N–H and O–H groups in total. The van der Waals surface area contributed by atoms with E-state index in [1.165, 1.54) is 39.8 Å². The van der Waals surface area contributed by atoms with Crippen molar-refractivity contribution in [1.82, 2.24) is 9.97 Å². The van der Waals surface area contributed by atoms with E-state index in [4.69, 9.17) is 0 Å². The van der Waals surface area contributed by atoms with Crippen LogP contribution in [0, 0.1) is 0 Å². The molecule has 2 aromatic heterocycles. The van der Waals surface area contributed by atoms with Gasteiger partial charge in [-0.15, -0.1) is 0 Å². The van der Waals surface area contributed by atoms with Gasteiger partial charge in [0.25, 0.3) is 0 Å². The van der Waals surface area contributed by atoms with E-state index in [1.807, 2.05) is 6.20 Å². The molecule has 3 heteroatoms. The molecule has 0 aliphatic rings. The number of hydrogen-bond donors (Lipinski definition) is 2. The van der Waals surface area contributed by atoms with Crippen molar-refractivity contribution in [3.63, 3.8) is 0 Å². The summed E-state index contributed by atoms with van der Waals surface area (Å²) >= 11 is 0.123. The van der Waals surface area contributed by atoms with Crippen molar-refractivity contribution in [2.24, 2.45) is 0 Å². The zero-order chi connectivity index (χ0) is 12.1. The van der Waals surface area contributed by atoms with Gasteiger partial charge in [0.2, 0.25) is 0 Å². The molecule has 0 aromatic carbocycles. The summed E-state index contributed by atoms with van der Waals surface area (Å²) in [5, 5.41) is 0. The molecule has 0 aliphatic carbocycles. The molecule has 2 nitrogen and oxygen atoms in total. The third-order valence-electron chi connectivity index (χ3n) is 2.77. The number of aromatic amines is 2. The Morgan fingerprint density at radius 2 is 1.94 bits per heavy atom. The Labute approximate surface area is 111 Å². The molecule has 0 fully saturated rings. The number of aryl methyl sites for hydroxylation is 1. The van der Waals surface area contributed by atoms with Crippen molar-refractivity contribution in [3.8, 4) is 0 Å². The van der Waals surface area contributed by atoms with Gasteiger partial charge in [-0.05, 0) is 0 Å². The van der Waals surface area contributed by atoms with Gasteiger partial charge in [0.1, 0.15) is 0 Å². The number of rotatable bonds is 6. The van der Waals surface area contributed by atoms with Gasteiger partial charge in [0.05, 0.1) is 0 Å². The van der Waals surface area contributed by atoms with Crippen LogP contribution in [-0.2, 0) is 30.0 Å². The molecule has 0 saturated heterocycles. The Morgan fingerprint density at radius 1 is 1.12 bits per heavy atom. The molecule has 0 radical (unpaired) electrons. The van der Waals surface area contributed by atoms with Gasteiger partial charge in [-0.3, -0.25) is 0 Å². The molecule has 0 amide bonds. The summed E-state index contributed by atoms with van der Waals surface area (Å²) in [5.41, 5.74) is 3.12. The zero-order valence-electron chi connectivity index (χ0n) is 10.5. The molecule has 0 unspecified atom stereocenters. The van der Waals surface area contributed by atoms with Crippen molar-refractivity contribution in [1.29, 1.82) is 0 Å². The van der Waals surface area contributed by atoms with Crippen LogP contribution in [0.25, 0.3) is 0 Å². The van der Waals surface area contributed by atoms with Crippen LogP contribution in [-0.4, -0.2) is 9.97 Å². The summed E-state index contributed by atoms with van der Waals surface area (Å²) in [6.07, 6.45) is 9.11. The van der Waals surface area contributed by atoms with E-state index in [2.05, 4.69) is 42.1 Å². The molecule has 0 spiro atoms. The van der Waals surface area contributed by atoms with Gasteiger partial charge in [0, 0.05) is 0 Å². The van der Waals surface area contributed by atoms with E-state index in [1.54, 1.807) is 5.56 Å². The predicted octanol–water partition coefficient (Wildman–Crippen LogP) is 2.28. The van der Waals surface area contributed by atoms with E-state index >= 15 is 0 Å². The third kappa shape index (κ3) is 3.10. The second kappa shape index (κ2) is 6.21. The Balaban J connectivity index is 2.20. The van der Waals surface area contributed by atoms with E-state index in [0.717, 1.165) is 0 Å². The van der Waals surface area contributed by atoms with Gasteiger partial charge < -0.3 is 0 Å². The quantitative estimate of drug-likeness (QED) is 0.766. The minimum atomic E-state index is 0.123. The number of nitrogens with one attached hydrogen (secondary N) is 2. The van der Waals surface area contributed by atoms with Gasteiger partial charge in [-0.2, -0.15) is 0 Å². The fourth-order valence-corrected chi connectivity index (χ4v) is 4.06. The van der Waals surface area contributed by atoms with E-state index < -0.39 is 0 Å². The molecule has 2 rings (SSSR count). The van der Waals surface area contributed by atoms with Crippen LogP contribution in [0.4, 0.5) is 0 Å². The number of aromatic nitrogens is 2. The van der Waals surface area contributed by atoms with Crippen LogP contribution in [0.1, 0.15) is 37.8 Å². The molecule has 17 heavy (non-hydrogen) atoms. The van der Waals surface area contributed by atoms with Gasteiger partial charge in [-0.1, -0.05) is 0 Å². The summed E-state index contributed by atoms with van der Waals surface area (Å²) in [6.45, 7) is 4.51. The maximum atomic E-state index is 3.50. The Bertz CT molecular complexity index is 443. The SMILES string of the molecule is CCCc1c[nH][c]([Ru][c]2ccc[nH]2)c1CCC. The molecular weight excluding hydrogens is 297 g/mol. The average molecular weight is 317 g/mol. The molecule has 0 bridgehead atoms. The summed E-state index contributed by atoms with van der Waals surface area (Å²) < 4.78 is 2.85. The second-order valence-electron chi connectivity index (χ2n) is 4.19. The number of hydrogen-bond acceptors (Lipinski definition) is 0. The van der Waals surface area contributed by atoms with Crippen LogP contribution in [0.5, 0.6) is 0 Å². The topological polar surface area (TPSA) is 31.6 Å². The van der Waals surface area contributed by atoms with Crippen LogP contribution >= 0.6 is 0 Å². The maximum absolute atomic E-state index is 3.50. The first kappa shape index (κ1) is 12.6. The van der Waals surface area contributed by atoms with Gasteiger partial charge in [-0.25, -0.2) is 0 Å². The van der Waals surface area contributed by atoms with Gasteiger partial charge in [0.15, 0.2) is 0 Å². The van der Waals surface area contributed by atoms with Crippen molar-refractivity contribution in [2.75, 3.05) is 0 Å². The van der Waals surface area contributed by atoms with Crippen molar-refractivity contribution >= 4 is 8.58 Å². The van der Waals surface area contributed by atoms with Crippen molar-refractivity contribution in [2.45, 2.75) is 39.5 Å². The average Bonchev–Trinajstić information content (AvgIpc) is 2.94. The first-order valence-corrected chi connectivity index (χ1v) is 8.03. The molecule has 94 valence electrons. The van der Waals surface area contributed by atoms with E-state index in [9.17, 15) is 0 Å². The Morgan fingerprint density at radius 3 is 2.59 bits per heavy atom. The Kier molecular flexibility index (Phi) is 4.61. The molecule has 0 atom stereocenters. The first-order chi connectivity index (χ1) is 8.35. The summed E-state index contributed by atoms with van der Waals surface area (Å²) in [4.78, 5) is 6.82. The number of H-pyrrole nitrogens is 2. The first-order valence-electron chi connectivity index (χ1n) is 6.30. The van der Waals surface area contributed by atoms with Crippen molar-refractivity contribution < 1.29 is 17.1 Å². The normalized spacial score (nSPS) is 11.2. The third-order valence-corrected chi connectivity index (χ3v) is 4.99. The van der Waals surface area contributed by atoms with Crippen LogP contribution < -0.4 is 8.58 Å². The molecule has 2 heterocycles. The van der Waals surface area contributed by atoms with Crippen molar-refractivity contribution in [3.05, 3.63) is 35.7 Å². The standard InChI is InChI=1S/C10H16N.C4H4N.Ru/c1-3-5-9-7-11-8-10(9)6-4-2;1-2-4-5-3-1;/h7,11H,3-6H2,1-2H3;1-3,5H;. The van der Waals surface area contributed by atoms with Crippen LogP contribution in [0.2, 0.25) is 0 Å². The van der Waals surface area contributed by atoms with E-state index in [-0.39, 0.29) is 17.1 Å². The fourth-order valence-electron chi connectivity index (χ4n) is 2.00. The second-order valence-corrected chi connectivity index (χ2v) is 6.43. The summed E-state index contributed by atoms with van der Waals surface area (Å²) in [5.74, 6) is 0.